The van der Waals surface area contributed by atoms with Gasteiger partial charge in [-0.05, 0) is 103 Å². The van der Waals surface area contributed by atoms with Gasteiger partial charge in [0.1, 0.15) is 5.60 Å². The number of carbonyl (C=O) groups is 2. The van der Waals surface area contributed by atoms with E-state index < -0.39 is 47.9 Å². The number of ether oxygens (including phenoxy) is 1. The van der Waals surface area contributed by atoms with Crippen molar-refractivity contribution in [3.8, 4) is 0 Å². The van der Waals surface area contributed by atoms with Gasteiger partial charge in [-0.1, -0.05) is 19.9 Å². The maximum atomic E-state index is 12.7. The molecule has 1 aliphatic carbocycles. The van der Waals surface area contributed by atoms with Crippen LogP contribution in [-0.4, -0.2) is 38.6 Å². The lowest BCUT2D eigenvalue weighted by molar-refractivity contribution is -0.137. The molecule has 1 N–H and O–H groups in total. The molecule has 6 nitrogen and oxygen atoms in total. The number of carbonyl (C=O) groups excluding carboxylic acids is 2. The molecule has 3 aliphatic rings. The Bertz CT molecular complexity index is 1210. The number of nitrogens with zero attached hydrogens (tertiary/aromatic N) is 2. The summed E-state index contributed by atoms with van der Waals surface area (Å²) in [6.07, 6.45) is 0.903. The summed E-state index contributed by atoms with van der Waals surface area (Å²) in [4.78, 5) is 32.0. The number of rotatable bonds is 3. The van der Waals surface area contributed by atoms with Crippen LogP contribution < -0.4 is 5.32 Å². The molecule has 1 aromatic rings. The highest BCUT2D eigenvalue weighted by Gasteiger charge is 2.53. The van der Waals surface area contributed by atoms with E-state index in [0.29, 0.717) is 36.3 Å². The smallest absolute Gasteiger partial charge is 0.412 e. The minimum Gasteiger partial charge on any atom is -0.444 e. The summed E-state index contributed by atoms with van der Waals surface area (Å²) in [6.45, 7) is 14.7. The van der Waals surface area contributed by atoms with Crippen molar-refractivity contribution in [2.24, 2.45) is 5.41 Å². The molecule has 1 saturated carbocycles. The number of aromatic nitrogens is 1. The highest BCUT2D eigenvalue weighted by Crippen LogP contribution is 2.51. The quantitative estimate of drug-likeness (QED) is 0.497. The molecule has 2 bridgehead atoms. The van der Waals surface area contributed by atoms with Gasteiger partial charge in [-0.3, -0.25) is 15.1 Å². The molecule has 3 heterocycles. The fraction of sp³-hybridized carbons (Fsp3) is 0.690. The number of nitrogens with one attached hydrogen (secondary N) is 1. The summed E-state index contributed by atoms with van der Waals surface area (Å²) in [6, 6.07) is 3.48. The summed E-state index contributed by atoms with van der Waals surface area (Å²) in [5.74, 6) is -1.51. The average Bonchev–Trinajstić information content (AvgIpc) is 2.87. The lowest BCUT2D eigenvalue weighted by Gasteiger charge is -2.46. The second kappa shape index (κ2) is 8.63. The first kappa shape index (κ1) is 20.8. The molecule has 4 rings (SSSR count). The highest BCUT2D eigenvalue weighted by molar-refractivity contribution is 5.86. The molecule has 0 aromatic carbocycles. The monoisotopic (exact) mass is 485 g/mol. The highest BCUT2D eigenvalue weighted by atomic mass is 16.6. The number of anilines is 1. The van der Waals surface area contributed by atoms with E-state index in [2.05, 4.69) is 19.2 Å². The first-order valence-corrected chi connectivity index (χ1v) is 12.5. The largest absolute Gasteiger partial charge is 0.444 e. The molecule has 0 radical (unpaired) electrons. The third kappa shape index (κ3) is 5.26. The maximum absolute atomic E-state index is 12.7. The van der Waals surface area contributed by atoms with Gasteiger partial charge in [0, 0.05) is 23.8 Å². The predicted octanol–water partition coefficient (Wildman–Crippen LogP) is 7.06. The van der Waals surface area contributed by atoms with Crippen LogP contribution in [0.15, 0.2) is 18.2 Å². The van der Waals surface area contributed by atoms with Gasteiger partial charge in [0.15, 0.2) is 0 Å². The van der Waals surface area contributed by atoms with E-state index in [1.807, 2.05) is 19.9 Å². The fourth-order valence-corrected chi connectivity index (χ4v) is 5.64. The van der Waals surface area contributed by atoms with Crippen LogP contribution in [0, 0.1) is 5.41 Å². The molecule has 192 valence electrons. The standard InChI is InChI=1S/C29H43N3O3/c1-19(33)32-28(7)15-16-29(32,8)18-21(17-28)22-9-10-23(31-25(34)35-26(2,3)4)24(30-22)20-11-13-27(5,6)14-12-20/h9-10,17,20H,11-16,18H2,1-8H3,(H,31,34)/i11D,15D,16D,20D. The Balaban J connectivity index is 1.82. The lowest BCUT2D eigenvalue weighted by atomic mass is 9.72. The first-order chi connectivity index (χ1) is 17.7. The van der Waals surface area contributed by atoms with Crippen molar-refractivity contribution in [1.82, 2.24) is 9.88 Å². The van der Waals surface area contributed by atoms with Gasteiger partial charge >= 0.3 is 6.09 Å². The van der Waals surface area contributed by atoms with Crippen LogP contribution >= 0.6 is 0 Å². The average molecular weight is 486 g/mol. The number of pyridine rings is 1. The molecular formula is C29H43N3O3. The van der Waals surface area contributed by atoms with Gasteiger partial charge in [-0.15, -0.1) is 0 Å². The topological polar surface area (TPSA) is 71.5 Å². The van der Waals surface area contributed by atoms with Gasteiger partial charge < -0.3 is 9.64 Å². The third-order valence-corrected chi connectivity index (χ3v) is 7.24. The van der Waals surface area contributed by atoms with Crippen molar-refractivity contribution < 1.29 is 19.8 Å². The number of amides is 2. The summed E-state index contributed by atoms with van der Waals surface area (Å²) >= 11 is 0. The van der Waals surface area contributed by atoms with E-state index in [1.165, 1.54) is 6.92 Å². The Labute approximate surface area is 216 Å². The van der Waals surface area contributed by atoms with E-state index in [0.717, 1.165) is 12.0 Å². The molecule has 1 saturated heterocycles. The number of hydrogen-bond acceptors (Lipinski definition) is 4. The third-order valence-electron chi connectivity index (χ3n) is 7.24. The van der Waals surface area contributed by atoms with Crippen molar-refractivity contribution in [1.29, 1.82) is 0 Å². The number of hydrogen-bond donors (Lipinski definition) is 1. The van der Waals surface area contributed by atoms with Gasteiger partial charge in [-0.2, -0.15) is 0 Å². The Hall–Kier alpha value is -2.37. The normalized spacial score (nSPS) is 40.1. The van der Waals surface area contributed by atoms with Gasteiger partial charge in [0.25, 0.3) is 0 Å². The Morgan fingerprint density at radius 1 is 1.20 bits per heavy atom. The second-order valence-electron chi connectivity index (χ2n) is 12.4. The van der Waals surface area contributed by atoms with Crippen molar-refractivity contribution in [2.75, 3.05) is 5.32 Å². The van der Waals surface area contributed by atoms with E-state index in [4.69, 9.17) is 13.8 Å². The first-order valence-electron chi connectivity index (χ1n) is 14.8. The van der Waals surface area contributed by atoms with Gasteiger partial charge in [0.2, 0.25) is 5.91 Å². The molecule has 1 aromatic heterocycles. The van der Waals surface area contributed by atoms with E-state index >= 15 is 0 Å². The molecule has 6 atom stereocenters. The molecule has 2 amide bonds. The molecular weight excluding hydrogens is 438 g/mol. The molecule has 2 fully saturated rings. The molecule has 35 heavy (non-hydrogen) atoms. The summed E-state index contributed by atoms with van der Waals surface area (Å²) in [5, 5.41) is 2.78. The Morgan fingerprint density at radius 2 is 1.91 bits per heavy atom. The minimum absolute atomic E-state index is 0.0654. The second-order valence-corrected chi connectivity index (χ2v) is 12.4. The van der Waals surface area contributed by atoms with Crippen molar-refractivity contribution >= 4 is 23.3 Å². The molecule has 0 spiro atoms. The predicted molar refractivity (Wildman–Crippen MR) is 140 cm³/mol. The van der Waals surface area contributed by atoms with Crippen LogP contribution in [0.1, 0.15) is 123 Å². The van der Waals surface area contributed by atoms with E-state index in [-0.39, 0.29) is 11.3 Å². The summed E-state index contributed by atoms with van der Waals surface area (Å²) < 4.78 is 41.4. The van der Waals surface area contributed by atoms with Crippen LogP contribution in [0.4, 0.5) is 10.5 Å². The zero-order valence-electron chi connectivity index (χ0n) is 26.4. The lowest BCUT2D eigenvalue weighted by Crippen LogP contribution is -2.55. The maximum Gasteiger partial charge on any atom is 0.412 e. The van der Waals surface area contributed by atoms with Crippen LogP contribution in [0.2, 0.25) is 0 Å². The molecule has 6 unspecified atom stereocenters. The molecule has 2 aliphatic heterocycles. The van der Waals surface area contributed by atoms with Crippen molar-refractivity contribution in [3.63, 3.8) is 0 Å². The van der Waals surface area contributed by atoms with Crippen LogP contribution in [0.5, 0.6) is 0 Å². The summed E-state index contributed by atoms with van der Waals surface area (Å²) in [5.41, 5.74) is -0.574. The van der Waals surface area contributed by atoms with E-state index in [1.54, 1.807) is 37.8 Å². The summed E-state index contributed by atoms with van der Waals surface area (Å²) in [7, 11) is 0. The van der Waals surface area contributed by atoms with Gasteiger partial charge in [-0.25, -0.2) is 4.79 Å². The zero-order valence-corrected chi connectivity index (χ0v) is 22.4. The van der Waals surface area contributed by atoms with Crippen molar-refractivity contribution in [3.05, 3.63) is 29.6 Å². The van der Waals surface area contributed by atoms with Gasteiger partial charge in [0.05, 0.1) is 22.6 Å². The number of fused-ring (bicyclic) bond motifs is 2. The Kier molecular flexibility index (Phi) is 5.13. The van der Waals surface area contributed by atoms with Crippen LogP contribution in [0.3, 0.4) is 0 Å². The van der Waals surface area contributed by atoms with E-state index in [9.17, 15) is 11.0 Å². The van der Waals surface area contributed by atoms with Crippen LogP contribution in [0.25, 0.3) is 5.57 Å². The zero-order chi connectivity index (χ0) is 29.3. The fourth-order valence-electron chi connectivity index (χ4n) is 5.64. The van der Waals surface area contributed by atoms with Crippen molar-refractivity contribution in [2.45, 2.75) is 123 Å². The van der Waals surface area contributed by atoms with Crippen LogP contribution in [-0.2, 0) is 9.53 Å². The SMILES string of the molecule is [2H]C1CC(C)(C)CCC1([2H])c1nc(C2=CC3(C)C([2H])C([2H])C(C)(C2)N3C(C)=O)ccc1NC(=O)OC(C)(C)C. The minimum atomic E-state index is -1.35. The Morgan fingerprint density at radius 3 is 2.51 bits per heavy atom. The molecule has 6 heteroatoms.